The van der Waals surface area contributed by atoms with E-state index < -0.39 is 57.8 Å². The summed E-state index contributed by atoms with van der Waals surface area (Å²) >= 11 is 12.4. The van der Waals surface area contributed by atoms with Gasteiger partial charge in [0.2, 0.25) is 11.8 Å². The Labute approximate surface area is 220 Å². The second kappa shape index (κ2) is 10.7. The summed E-state index contributed by atoms with van der Waals surface area (Å²) in [6.07, 6.45) is 0.563. The summed E-state index contributed by atoms with van der Waals surface area (Å²) in [5.74, 6) is -3.40. The van der Waals surface area contributed by atoms with E-state index in [4.69, 9.17) is 32.7 Å². The van der Waals surface area contributed by atoms with E-state index in [0.717, 1.165) is 4.90 Å². The van der Waals surface area contributed by atoms with Crippen molar-refractivity contribution in [2.75, 3.05) is 23.9 Å². The van der Waals surface area contributed by atoms with E-state index in [1.54, 1.807) is 0 Å². The van der Waals surface area contributed by atoms with Gasteiger partial charge in [0.15, 0.2) is 6.61 Å². The fourth-order valence-corrected chi connectivity index (χ4v) is 5.01. The standard InChI is InChI=1S/C24H21Cl2N3O8/c1-36-14-5-6-20(29(34)35)19(8-14)27-21(30)11-37-24(33)12-3-2-4-13(7-12)28-22(31)15-9-17(25)18(26)10-16(15)23(28)32/h2-8,15-18H,9-11H2,1H3,(H,27,30)/t15-,16-,17-,18+/m1/s1. The van der Waals surface area contributed by atoms with Crippen LogP contribution in [0.4, 0.5) is 17.1 Å². The highest BCUT2D eigenvalue weighted by Gasteiger charge is 2.52. The van der Waals surface area contributed by atoms with Gasteiger partial charge in [0, 0.05) is 12.1 Å². The van der Waals surface area contributed by atoms with Crippen LogP contribution in [0.15, 0.2) is 42.5 Å². The van der Waals surface area contributed by atoms with Crippen molar-refractivity contribution in [1.82, 2.24) is 0 Å². The van der Waals surface area contributed by atoms with E-state index in [1.165, 1.54) is 49.6 Å². The Kier molecular flexibility index (Phi) is 7.65. The molecule has 1 heterocycles. The first-order valence-corrected chi connectivity index (χ1v) is 12.0. The first kappa shape index (κ1) is 26.4. The van der Waals surface area contributed by atoms with Crippen LogP contribution in [0.1, 0.15) is 23.2 Å². The smallest absolute Gasteiger partial charge is 0.338 e. The molecule has 0 radical (unpaired) electrons. The molecule has 1 saturated heterocycles. The van der Waals surface area contributed by atoms with Gasteiger partial charge < -0.3 is 14.8 Å². The molecule has 2 aromatic carbocycles. The van der Waals surface area contributed by atoms with Gasteiger partial charge in [-0.25, -0.2) is 4.79 Å². The summed E-state index contributed by atoms with van der Waals surface area (Å²) in [5, 5.41) is 12.7. The highest BCUT2D eigenvalue weighted by molar-refractivity contribution is 6.31. The molecule has 194 valence electrons. The molecule has 1 aliphatic carbocycles. The molecule has 0 bridgehead atoms. The average Bonchev–Trinajstić information content (AvgIpc) is 3.11. The van der Waals surface area contributed by atoms with Crippen LogP contribution in [0.2, 0.25) is 0 Å². The zero-order valence-electron chi connectivity index (χ0n) is 19.4. The summed E-state index contributed by atoms with van der Waals surface area (Å²) in [4.78, 5) is 62.4. The van der Waals surface area contributed by atoms with Crippen LogP contribution in [-0.4, -0.2) is 53.1 Å². The van der Waals surface area contributed by atoms with Crippen LogP contribution < -0.4 is 15.0 Å². The molecule has 0 unspecified atom stereocenters. The highest BCUT2D eigenvalue weighted by atomic mass is 35.5. The molecule has 0 aromatic heterocycles. The summed E-state index contributed by atoms with van der Waals surface area (Å²) in [7, 11) is 1.36. The first-order chi connectivity index (χ1) is 17.6. The van der Waals surface area contributed by atoms with Gasteiger partial charge in [-0.05, 0) is 37.1 Å². The fourth-order valence-electron chi connectivity index (χ4n) is 4.42. The summed E-state index contributed by atoms with van der Waals surface area (Å²) < 4.78 is 10.1. The number of carbonyl (C=O) groups is 4. The average molecular weight is 550 g/mol. The number of nitro groups is 1. The Morgan fingerprint density at radius 3 is 2.32 bits per heavy atom. The number of carbonyl (C=O) groups excluding carboxylic acids is 4. The second-order valence-electron chi connectivity index (χ2n) is 8.54. The van der Waals surface area contributed by atoms with Crippen LogP contribution in [0.5, 0.6) is 5.75 Å². The summed E-state index contributed by atoms with van der Waals surface area (Å²) in [6, 6.07) is 9.51. The Morgan fingerprint density at radius 2 is 1.73 bits per heavy atom. The minimum atomic E-state index is -0.893. The van der Waals surface area contributed by atoms with Crippen molar-refractivity contribution in [3.8, 4) is 5.75 Å². The maximum atomic E-state index is 13.0. The molecule has 4 atom stereocenters. The molecule has 2 fully saturated rings. The number of methoxy groups -OCH3 is 1. The normalized spacial score (nSPS) is 22.8. The molecule has 1 N–H and O–H groups in total. The van der Waals surface area contributed by atoms with Crippen LogP contribution in [-0.2, 0) is 19.1 Å². The Bertz CT molecular complexity index is 1260. The lowest BCUT2D eigenvalue weighted by molar-refractivity contribution is -0.383. The number of anilines is 2. The third kappa shape index (κ3) is 5.37. The topological polar surface area (TPSA) is 145 Å². The van der Waals surface area contributed by atoms with Gasteiger partial charge in [-0.2, -0.15) is 0 Å². The monoisotopic (exact) mass is 549 g/mol. The molecular weight excluding hydrogens is 529 g/mol. The number of amides is 3. The predicted molar refractivity (Wildman–Crippen MR) is 133 cm³/mol. The largest absolute Gasteiger partial charge is 0.497 e. The van der Waals surface area contributed by atoms with E-state index in [-0.39, 0.29) is 41.2 Å². The van der Waals surface area contributed by atoms with Gasteiger partial charge in [-0.1, -0.05) is 6.07 Å². The van der Waals surface area contributed by atoms with Crippen LogP contribution in [0.3, 0.4) is 0 Å². The van der Waals surface area contributed by atoms with Crippen LogP contribution in [0, 0.1) is 22.0 Å². The highest BCUT2D eigenvalue weighted by Crippen LogP contribution is 2.43. The molecular formula is C24H21Cl2N3O8. The zero-order valence-corrected chi connectivity index (χ0v) is 20.9. The fraction of sp³-hybridized carbons (Fsp3) is 0.333. The van der Waals surface area contributed by atoms with Gasteiger partial charge in [0.05, 0.1) is 45.9 Å². The third-order valence-electron chi connectivity index (χ3n) is 6.26. The first-order valence-electron chi connectivity index (χ1n) is 11.2. The quantitative estimate of drug-likeness (QED) is 0.181. The van der Waals surface area contributed by atoms with E-state index in [1.807, 2.05) is 0 Å². The predicted octanol–water partition coefficient (Wildman–Crippen LogP) is 3.51. The number of alkyl halides is 2. The number of imide groups is 1. The SMILES string of the molecule is COc1ccc([N+](=O)[O-])c(NC(=O)COC(=O)c2cccc(N3C(=O)[C@@H]4C[C@@H](Cl)[C@@H](Cl)C[C@H]4C3=O)c2)c1. The van der Waals surface area contributed by atoms with Gasteiger partial charge in [-0.15, -0.1) is 23.2 Å². The summed E-state index contributed by atoms with van der Waals surface area (Å²) in [5.41, 5.74) is -0.306. The van der Waals surface area contributed by atoms with E-state index in [9.17, 15) is 29.3 Å². The molecule has 37 heavy (non-hydrogen) atoms. The molecule has 3 amide bonds. The van der Waals surface area contributed by atoms with Gasteiger partial charge >= 0.3 is 5.97 Å². The number of benzene rings is 2. The maximum Gasteiger partial charge on any atom is 0.338 e. The molecule has 2 aromatic rings. The number of esters is 1. The number of rotatable bonds is 7. The molecule has 11 nitrogen and oxygen atoms in total. The Morgan fingerprint density at radius 1 is 1.08 bits per heavy atom. The van der Waals surface area contributed by atoms with Crippen LogP contribution in [0.25, 0.3) is 0 Å². The number of hydrogen-bond donors (Lipinski definition) is 1. The third-order valence-corrected chi connectivity index (χ3v) is 7.35. The lowest BCUT2D eigenvalue weighted by atomic mass is 9.80. The van der Waals surface area contributed by atoms with E-state index >= 15 is 0 Å². The van der Waals surface area contributed by atoms with Gasteiger partial charge in [0.1, 0.15) is 11.4 Å². The van der Waals surface area contributed by atoms with Crippen molar-refractivity contribution >= 4 is 64.0 Å². The van der Waals surface area contributed by atoms with Crippen molar-refractivity contribution in [3.63, 3.8) is 0 Å². The number of halogens is 2. The van der Waals surface area contributed by atoms with E-state index in [2.05, 4.69) is 5.32 Å². The second-order valence-corrected chi connectivity index (χ2v) is 9.66. The zero-order chi connectivity index (χ0) is 26.9. The van der Waals surface area contributed by atoms with Crippen molar-refractivity contribution in [2.24, 2.45) is 11.8 Å². The molecule has 2 aliphatic rings. The minimum absolute atomic E-state index is 0.00132. The number of nitrogens with zero attached hydrogens (tertiary/aromatic N) is 2. The lowest BCUT2D eigenvalue weighted by Crippen LogP contribution is -2.34. The van der Waals surface area contributed by atoms with Crippen molar-refractivity contribution < 1.29 is 33.6 Å². The lowest BCUT2D eigenvalue weighted by Gasteiger charge is -2.28. The number of nitro benzene ring substituents is 1. The maximum absolute atomic E-state index is 13.0. The van der Waals surface area contributed by atoms with Crippen molar-refractivity contribution in [3.05, 3.63) is 58.1 Å². The number of fused-ring (bicyclic) bond motifs is 1. The number of ether oxygens (including phenoxy) is 2. The molecule has 13 heteroatoms. The van der Waals surface area contributed by atoms with Gasteiger partial charge in [-0.3, -0.25) is 29.4 Å². The van der Waals surface area contributed by atoms with Crippen molar-refractivity contribution in [1.29, 1.82) is 0 Å². The van der Waals surface area contributed by atoms with Crippen molar-refractivity contribution in [2.45, 2.75) is 23.6 Å². The minimum Gasteiger partial charge on any atom is -0.497 e. The number of nitrogens with one attached hydrogen (secondary N) is 1. The Hall–Kier alpha value is -3.70. The summed E-state index contributed by atoms with van der Waals surface area (Å²) in [6.45, 7) is -0.739. The van der Waals surface area contributed by atoms with Crippen LogP contribution >= 0.6 is 23.2 Å². The molecule has 0 spiro atoms. The van der Waals surface area contributed by atoms with E-state index in [0.29, 0.717) is 0 Å². The number of hydrogen-bond acceptors (Lipinski definition) is 8. The molecule has 1 aliphatic heterocycles. The molecule has 1 saturated carbocycles. The van der Waals surface area contributed by atoms with Gasteiger partial charge in [0.25, 0.3) is 11.6 Å². The Balaban J connectivity index is 1.43. The molecule has 4 rings (SSSR count).